The molecule has 0 atom stereocenters. The Morgan fingerprint density at radius 1 is 1.07 bits per heavy atom. The maximum Gasteiger partial charge on any atom is 0.192 e. The largest absolute Gasteiger partial charge is 0.490 e. The smallest absolute Gasteiger partial charge is 0.192 e. The molecule has 6 heteroatoms. The van der Waals surface area contributed by atoms with E-state index >= 15 is 0 Å². The topological polar surface area (TPSA) is 60.6 Å². The Morgan fingerprint density at radius 3 is 2.28 bits per heavy atom. The molecule has 5 nitrogen and oxygen atoms in total. The van der Waals surface area contributed by atoms with Gasteiger partial charge in [0, 0.05) is 25.9 Å². The number of hydrogen-bond acceptors (Lipinski definition) is 5. The van der Waals surface area contributed by atoms with Gasteiger partial charge in [-0.25, -0.2) is 4.98 Å². The van der Waals surface area contributed by atoms with Crippen molar-refractivity contribution in [2.24, 2.45) is 0 Å². The Kier molecular flexibility index (Phi) is 6.54. The first-order valence-electron chi connectivity index (χ1n) is 10.5. The van der Waals surface area contributed by atoms with Gasteiger partial charge in [0.15, 0.2) is 8.32 Å². The van der Waals surface area contributed by atoms with E-state index in [1.54, 1.807) is 0 Å². The van der Waals surface area contributed by atoms with Gasteiger partial charge in [-0.3, -0.25) is 0 Å². The molecule has 1 aliphatic heterocycles. The van der Waals surface area contributed by atoms with Crippen LogP contribution in [0.15, 0.2) is 42.6 Å². The molecule has 2 N–H and O–H groups in total. The molecule has 3 rings (SSSR count). The number of ether oxygens (including phenoxy) is 1. The minimum Gasteiger partial charge on any atom is -0.490 e. The van der Waals surface area contributed by atoms with Gasteiger partial charge in [-0.1, -0.05) is 32.9 Å². The highest BCUT2D eigenvalue weighted by molar-refractivity contribution is 6.74. The minimum absolute atomic E-state index is 0.230. The number of anilines is 2. The molecular formula is C23H35N3O2Si. The van der Waals surface area contributed by atoms with Crippen LogP contribution in [0.3, 0.4) is 0 Å². The highest BCUT2D eigenvalue weighted by Crippen LogP contribution is 2.37. The average Bonchev–Trinajstić information content (AvgIpc) is 2.68. The molecule has 1 aromatic carbocycles. The third-order valence-corrected chi connectivity index (χ3v) is 10.7. The summed E-state index contributed by atoms with van der Waals surface area (Å²) in [7, 11) is -1.72. The quantitative estimate of drug-likeness (QED) is 0.657. The number of pyridine rings is 1. The van der Waals surface area contributed by atoms with Gasteiger partial charge in [0.25, 0.3) is 0 Å². The molecule has 1 aliphatic rings. The van der Waals surface area contributed by atoms with Crippen LogP contribution < -0.4 is 15.4 Å². The number of aromatic nitrogens is 1. The van der Waals surface area contributed by atoms with E-state index in [0.29, 0.717) is 12.4 Å². The fourth-order valence-electron chi connectivity index (χ4n) is 3.15. The summed E-state index contributed by atoms with van der Waals surface area (Å²) in [4.78, 5) is 6.53. The van der Waals surface area contributed by atoms with E-state index in [4.69, 9.17) is 14.9 Å². The molecule has 0 spiro atoms. The fourth-order valence-corrected chi connectivity index (χ4v) is 4.11. The van der Waals surface area contributed by atoms with E-state index in [1.807, 2.05) is 18.3 Å². The number of piperidine rings is 1. The van der Waals surface area contributed by atoms with Crippen molar-refractivity contribution in [1.29, 1.82) is 0 Å². The van der Waals surface area contributed by atoms with Crippen LogP contribution in [-0.2, 0) is 11.0 Å². The Balaban J connectivity index is 1.47. The van der Waals surface area contributed by atoms with Crippen LogP contribution in [0.2, 0.25) is 18.1 Å². The third-order valence-electron chi connectivity index (χ3n) is 6.21. The lowest BCUT2D eigenvalue weighted by molar-refractivity contribution is 0.171. The Bertz CT molecular complexity index is 777. The van der Waals surface area contributed by atoms with Gasteiger partial charge in [0.1, 0.15) is 17.7 Å². The molecule has 0 amide bonds. The van der Waals surface area contributed by atoms with Crippen LogP contribution in [0.25, 0.3) is 0 Å². The highest BCUT2D eigenvalue weighted by Gasteiger charge is 2.37. The number of benzene rings is 1. The average molecular weight is 414 g/mol. The molecule has 0 aliphatic carbocycles. The van der Waals surface area contributed by atoms with E-state index in [0.717, 1.165) is 37.4 Å². The molecule has 0 saturated carbocycles. The van der Waals surface area contributed by atoms with E-state index in [9.17, 15) is 0 Å². The van der Waals surface area contributed by atoms with Crippen LogP contribution in [0.4, 0.5) is 11.5 Å². The summed E-state index contributed by atoms with van der Waals surface area (Å²) < 4.78 is 12.5. The second-order valence-electron chi connectivity index (χ2n) is 9.44. The van der Waals surface area contributed by atoms with Gasteiger partial charge in [-0.2, -0.15) is 0 Å². The molecule has 1 saturated heterocycles. The Morgan fingerprint density at radius 2 is 1.72 bits per heavy atom. The van der Waals surface area contributed by atoms with Crippen LogP contribution in [0, 0.1) is 0 Å². The maximum atomic E-state index is 6.31. The lowest BCUT2D eigenvalue weighted by Crippen LogP contribution is -2.40. The predicted octanol–water partition coefficient (Wildman–Crippen LogP) is 5.23. The summed E-state index contributed by atoms with van der Waals surface area (Å²) in [5, 5.41) is 0.230. The summed E-state index contributed by atoms with van der Waals surface area (Å²) >= 11 is 0. The molecule has 0 bridgehead atoms. The van der Waals surface area contributed by atoms with E-state index in [1.165, 1.54) is 5.56 Å². The van der Waals surface area contributed by atoms with Crippen LogP contribution in [-0.4, -0.2) is 32.5 Å². The SMILES string of the molecule is CC(C)(C)[Si](C)(C)OCc1ccc(OC2CCN(c3ccc(N)nc3)CC2)cc1. The van der Waals surface area contributed by atoms with E-state index < -0.39 is 8.32 Å². The molecule has 2 heterocycles. The second kappa shape index (κ2) is 8.75. The molecule has 2 aromatic rings. The molecule has 1 fully saturated rings. The zero-order valence-electron chi connectivity index (χ0n) is 18.4. The van der Waals surface area contributed by atoms with E-state index in [2.05, 4.69) is 68.0 Å². The zero-order valence-corrected chi connectivity index (χ0v) is 19.4. The van der Waals surface area contributed by atoms with Crippen LogP contribution in [0.5, 0.6) is 5.75 Å². The summed E-state index contributed by atoms with van der Waals surface area (Å²) in [6.07, 6.45) is 4.10. The van der Waals surface area contributed by atoms with Crippen molar-refractivity contribution in [3.05, 3.63) is 48.2 Å². The number of nitrogens with two attached hydrogens (primary N) is 1. The molecule has 1 aromatic heterocycles. The van der Waals surface area contributed by atoms with Crippen molar-refractivity contribution >= 4 is 19.8 Å². The summed E-state index contributed by atoms with van der Waals surface area (Å²) in [5.74, 6) is 1.50. The maximum absolute atomic E-state index is 6.31. The molecule has 0 radical (unpaired) electrons. The molecule has 158 valence electrons. The second-order valence-corrected chi connectivity index (χ2v) is 14.2. The Labute approximate surface area is 176 Å². The van der Waals surface area contributed by atoms with Gasteiger partial charge in [-0.15, -0.1) is 0 Å². The number of nitrogen functional groups attached to an aromatic ring is 1. The lowest BCUT2D eigenvalue weighted by atomic mass is 10.1. The number of nitrogens with zero attached hydrogens (tertiary/aromatic N) is 2. The third kappa shape index (κ3) is 5.73. The van der Waals surface area contributed by atoms with Gasteiger partial charge in [0.05, 0.1) is 18.5 Å². The lowest BCUT2D eigenvalue weighted by Gasteiger charge is -2.36. The summed E-state index contributed by atoms with van der Waals surface area (Å²) in [6, 6.07) is 12.3. The van der Waals surface area contributed by atoms with Crippen LogP contribution >= 0.6 is 0 Å². The van der Waals surface area contributed by atoms with Gasteiger partial charge in [-0.05, 0) is 48.0 Å². The monoisotopic (exact) mass is 413 g/mol. The van der Waals surface area contributed by atoms with Crippen molar-refractivity contribution in [2.45, 2.75) is 64.5 Å². The zero-order chi connectivity index (χ0) is 21.1. The van der Waals surface area contributed by atoms with Crippen molar-refractivity contribution in [3.8, 4) is 5.75 Å². The molecular weight excluding hydrogens is 378 g/mol. The number of rotatable bonds is 6. The first-order chi connectivity index (χ1) is 13.6. The van der Waals surface area contributed by atoms with Gasteiger partial charge < -0.3 is 19.8 Å². The first-order valence-corrected chi connectivity index (χ1v) is 13.4. The van der Waals surface area contributed by atoms with Crippen molar-refractivity contribution in [1.82, 2.24) is 4.98 Å². The highest BCUT2D eigenvalue weighted by atomic mass is 28.4. The van der Waals surface area contributed by atoms with Crippen molar-refractivity contribution < 1.29 is 9.16 Å². The van der Waals surface area contributed by atoms with Crippen molar-refractivity contribution in [2.75, 3.05) is 23.7 Å². The van der Waals surface area contributed by atoms with Crippen molar-refractivity contribution in [3.63, 3.8) is 0 Å². The normalized spacial score (nSPS) is 16.1. The summed E-state index contributed by atoms with van der Waals surface area (Å²) in [6.45, 7) is 14.0. The summed E-state index contributed by atoms with van der Waals surface area (Å²) in [5.41, 5.74) is 8.01. The predicted molar refractivity (Wildman–Crippen MR) is 123 cm³/mol. The molecule has 0 unspecified atom stereocenters. The van der Waals surface area contributed by atoms with Gasteiger partial charge >= 0.3 is 0 Å². The molecule has 29 heavy (non-hydrogen) atoms. The van der Waals surface area contributed by atoms with Gasteiger partial charge in [0.2, 0.25) is 0 Å². The first kappa shape index (κ1) is 21.7. The minimum atomic E-state index is -1.72. The van der Waals surface area contributed by atoms with E-state index in [-0.39, 0.29) is 11.1 Å². The standard InChI is InChI=1S/C23H35N3O2Si/c1-23(2,3)29(4,5)27-17-18-6-9-20(10-7-18)28-21-12-14-26(15-13-21)19-8-11-22(24)25-16-19/h6-11,16,21H,12-15,17H2,1-5H3,(H2,24,25). The Hall–Kier alpha value is -2.05. The fraction of sp³-hybridized carbons (Fsp3) is 0.522. The van der Waals surface area contributed by atoms with Crippen LogP contribution in [0.1, 0.15) is 39.2 Å². The number of hydrogen-bond donors (Lipinski definition) is 1.